The predicted octanol–water partition coefficient (Wildman–Crippen LogP) is 1.79. The predicted molar refractivity (Wildman–Crippen MR) is 47.8 cm³/mol. The number of nitrogens with zero attached hydrogens (tertiary/aromatic N) is 1. The first-order valence-corrected chi connectivity index (χ1v) is 4.42. The fourth-order valence-electron chi connectivity index (χ4n) is 0.715. The topological polar surface area (TPSA) is 45.1 Å². The zero-order chi connectivity index (χ0) is 8.27. The molecule has 0 amide bonds. The molecule has 0 atom stereocenters. The van der Waals surface area contributed by atoms with E-state index in [0.29, 0.717) is 5.69 Å². The molecule has 1 heterocycles. The molecule has 0 aliphatic rings. The maximum Gasteiger partial charge on any atom is 0.136 e. The number of pyridine rings is 1. The molecule has 0 spiro atoms. The third-order valence-corrected chi connectivity index (χ3v) is 1.68. The lowest BCUT2D eigenvalue weighted by Crippen LogP contribution is -1.90. The van der Waals surface area contributed by atoms with Crippen molar-refractivity contribution in [2.24, 2.45) is 0 Å². The van der Waals surface area contributed by atoms with Crippen molar-refractivity contribution >= 4 is 17.8 Å². The molecule has 1 aromatic rings. The van der Waals surface area contributed by atoms with E-state index in [1.807, 2.05) is 6.26 Å². The first kappa shape index (κ1) is 8.20. The van der Waals surface area contributed by atoms with Crippen LogP contribution in [0.3, 0.4) is 0 Å². The van der Waals surface area contributed by atoms with Crippen LogP contribution in [0.5, 0.6) is 5.75 Å². The molecule has 1 rings (SSSR count). The summed E-state index contributed by atoms with van der Waals surface area (Å²) in [6, 6.07) is 3.36. The lowest BCUT2D eigenvalue weighted by molar-refractivity contribution is 0.468. The minimum absolute atomic E-state index is 0.233. The van der Waals surface area contributed by atoms with Crippen molar-refractivity contribution in [2.75, 3.05) is 11.0 Å². The van der Waals surface area contributed by atoms with Crippen LogP contribution < -0.4 is 4.72 Å². The van der Waals surface area contributed by atoms with Gasteiger partial charge in [0, 0.05) is 6.26 Å². The summed E-state index contributed by atoms with van der Waals surface area (Å²) in [6.07, 6.45) is 1.92. The van der Waals surface area contributed by atoms with Crippen LogP contribution in [0.4, 0.5) is 5.82 Å². The molecular weight excluding hydrogens is 160 g/mol. The molecule has 4 heteroatoms. The van der Waals surface area contributed by atoms with Gasteiger partial charge in [-0.25, -0.2) is 4.98 Å². The van der Waals surface area contributed by atoms with Gasteiger partial charge in [0.2, 0.25) is 0 Å². The number of aromatic nitrogens is 1. The van der Waals surface area contributed by atoms with E-state index in [-0.39, 0.29) is 5.75 Å². The molecule has 0 aromatic carbocycles. The van der Waals surface area contributed by atoms with Crippen LogP contribution in [0.2, 0.25) is 0 Å². The van der Waals surface area contributed by atoms with Crippen LogP contribution in [0.25, 0.3) is 0 Å². The van der Waals surface area contributed by atoms with E-state index >= 15 is 0 Å². The lowest BCUT2D eigenvalue weighted by Gasteiger charge is -2.02. The molecule has 0 saturated heterocycles. The largest absolute Gasteiger partial charge is 0.506 e. The summed E-state index contributed by atoms with van der Waals surface area (Å²) in [5.74, 6) is 1.00. The highest BCUT2D eigenvalue weighted by atomic mass is 32.2. The van der Waals surface area contributed by atoms with E-state index in [4.69, 9.17) is 5.11 Å². The molecule has 11 heavy (non-hydrogen) atoms. The Bertz CT molecular complexity index is 252. The first-order chi connectivity index (χ1) is 5.24. The molecule has 0 fully saturated rings. The molecular formula is C7H10N2OS. The number of aryl methyl sites for hydroxylation is 1. The van der Waals surface area contributed by atoms with E-state index < -0.39 is 0 Å². The van der Waals surface area contributed by atoms with E-state index in [9.17, 15) is 0 Å². The van der Waals surface area contributed by atoms with Gasteiger partial charge in [-0.2, -0.15) is 0 Å². The Kier molecular flexibility index (Phi) is 2.59. The highest BCUT2D eigenvalue weighted by Gasteiger charge is 1.97. The average molecular weight is 170 g/mol. The van der Waals surface area contributed by atoms with Crippen LogP contribution in [0, 0.1) is 6.92 Å². The Labute approximate surface area is 70.0 Å². The molecule has 0 aliphatic carbocycles. The van der Waals surface area contributed by atoms with Crippen molar-refractivity contribution < 1.29 is 5.11 Å². The molecule has 1 aromatic heterocycles. The van der Waals surface area contributed by atoms with Crippen LogP contribution in [0.1, 0.15) is 5.69 Å². The van der Waals surface area contributed by atoms with Crippen LogP contribution in [-0.2, 0) is 0 Å². The third-order valence-electron chi connectivity index (χ3n) is 1.26. The summed E-state index contributed by atoms with van der Waals surface area (Å²) < 4.78 is 2.97. The van der Waals surface area contributed by atoms with Gasteiger partial charge in [0.05, 0.1) is 5.69 Å². The minimum Gasteiger partial charge on any atom is -0.506 e. The molecule has 0 bridgehead atoms. The van der Waals surface area contributed by atoms with Gasteiger partial charge in [0.25, 0.3) is 0 Å². The number of nitrogens with one attached hydrogen (secondary N) is 1. The summed E-state index contributed by atoms with van der Waals surface area (Å²) in [6.45, 7) is 1.76. The lowest BCUT2D eigenvalue weighted by atomic mass is 10.3. The molecule has 0 aliphatic heterocycles. The van der Waals surface area contributed by atoms with Gasteiger partial charge in [-0.05, 0) is 19.1 Å². The highest BCUT2D eigenvalue weighted by molar-refractivity contribution is 7.99. The Morgan fingerprint density at radius 1 is 1.55 bits per heavy atom. The van der Waals surface area contributed by atoms with Gasteiger partial charge in [0.15, 0.2) is 0 Å². The second-order valence-electron chi connectivity index (χ2n) is 2.11. The van der Waals surface area contributed by atoms with Gasteiger partial charge in [-0.1, -0.05) is 11.9 Å². The van der Waals surface area contributed by atoms with Gasteiger partial charge in [-0.3, -0.25) is 0 Å². The summed E-state index contributed by atoms with van der Waals surface area (Å²) in [5, 5.41) is 9.11. The number of rotatable bonds is 2. The quantitative estimate of drug-likeness (QED) is 0.664. The second-order valence-corrected chi connectivity index (χ2v) is 2.72. The van der Waals surface area contributed by atoms with Gasteiger partial charge in [-0.15, -0.1) is 0 Å². The summed E-state index contributed by atoms with van der Waals surface area (Å²) in [5.41, 5.74) is 0.643. The number of aromatic hydroxyl groups is 1. The molecule has 2 N–H and O–H groups in total. The van der Waals surface area contributed by atoms with Crippen LogP contribution in [0.15, 0.2) is 12.1 Å². The van der Waals surface area contributed by atoms with Crippen LogP contribution in [-0.4, -0.2) is 16.3 Å². The smallest absolute Gasteiger partial charge is 0.136 e. The molecule has 0 saturated carbocycles. The zero-order valence-corrected chi connectivity index (χ0v) is 7.27. The molecule has 3 nitrogen and oxygen atoms in total. The van der Waals surface area contributed by atoms with Crippen molar-refractivity contribution in [3.8, 4) is 5.75 Å². The normalized spacial score (nSPS) is 9.64. The number of hydrogen-bond donors (Lipinski definition) is 2. The molecule has 60 valence electrons. The fourth-order valence-corrected chi connectivity index (χ4v) is 1.04. The monoisotopic (exact) mass is 170 g/mol. The number of hydrogen-bond acceptors (Lipinski definition) is 4. The maximum absolute atomic E-state index is 9.11. The van der Waals surface area contributed by atoms with E-state index in [2.05, 4.69) is 9.71 Å². The Balaban J connectivity index is 2.86. The zero-order valence-electron chi connectivity index (χ0n) is 6.46. The average Bonchev–Trinajstić information content (AvgIpc) is 1.98. The Hall–Kier alpha value is -0.900. The highest BCUT2D eigenvalue weighted by Crippen LogP contribution is 2.16. The Morgan fingerprint density at radius 3 is 2.82 bits per heavy atom. The standard InChI is InChI=1S/C7H10N2OS/c1-5-6(10)3-4-7(8-5)9-11-2/h3-4,10H,1-2H3,(H,8,9). The third kappa shape index (κ3) is 2.01. The Morgan fingerprint density at radius 2 is 2.27 bits per heavy atom. The van der Waals surface area contributed by atoms with E-state index in [0.717, 1.165) is 5.82 Å². The van der Waals surface area contributed by atoms with Gasteiger partial charge < -0.3 is 9.83 Å². The molecule has 0 radical (unpaired) electrons. The van der Waals surface area contributed by atoms with E-state index in [1.165, 1.54) is 11.9 Å². The minimum atomic E-state index is 0.233. The van der Waals surface area contributed by atoms with Crippen molar-refractivity contribution in [1.82, 2.24) is 4.98 Å². The van der Waals surface area contributed by atoms with Crippen molar-refractivity contribution in [3.05, 3.63) is 17.8 Å². The summed E-state index contributed by atoms with van der Waals surface area (Å²) >= 11 is 1.48. The molecule has 0 unspecified atom stereocenters. The summed E-state index contributed by atoms with van der Waals surface area (Å²) in [4.78, 5) is 4.08. The first-order valence-electron chi connectivity index (χ1n) is 3.19. The van der Waals surface area contributed by atoms with Gasteiger partial charge in [0.1, 0.15) is 11.6 Å². The van der Waals surface area contributed by atoms with Crippen LogP contribution >= 0.6 is 11.9 Å². The SMILES string of the molecule is CSNc1ccc(O)c(C)n1. The van der Waals surface area contributed by atoms with Crippen molar-refractivity contribution in [1.29, 1.82) is 0 Å². The maximum atomic E-state index is 9.11. The van der Waals surface area contributed by atoms with Gasteiger partial charge >= 0.3 is 0 Å². The second kappa shape index (κ2) is 3.48. The van der Waals surface area contributed by atoms with Crippen molar-refractivity contribution in [3.63, 3.8) is 0 Å². The van der Waals surface area contributed by atoms with Crippen molar-refractivity contribution in [2.45, 2.75) is 6.92 Å². The number of anilines is 1. The fraction of sp³-hybridized carbons (Fsp3) is 0.286. The summed E-state index contributed by atoms with van der Waals surface area (Å²) in [7, 11) is 0. The van der Waals surface area contributed by atoms with E-state index in [1.54, 1.807) is 19.1 Å².